The first-order valence-electron chi connectivity index (χ1n) is 12.4. The minimum atomic E-state index is -3.50. The fourth-order valence-electron chi connectivity index (χ4n) is 1.39. The lowest BCUT2D eigenvalue weighted by molar-refractivity contribution is 0.0975. The van der Waals surface area contributed by atoms with E-state index in [9.17, 15) is 5.11 Å². The van der Waals surface area contributed by atoms with Gasteiger partial charge in [0.25, 0.3) is 5.88 Å². The van der Waals surface area contributed by atoms with Gasteiger partial charge in [-0.25, -0.2) is 0 Å². The van der Waals surface area contributed by atoms with Gasteiger partial charge >= 0.3 is 0 Å². The summed E-state index contributed by atoms with van der Waals surface area (Å²) >= 11 is 0.580. The van der Waals surface area contributed by atoms with E-state index < -0.39 is 71.6 Å². The van der Waals surface area contributed by atoms with Crippen LogP contribution in [0.5, 0.6) is 5.88 Å². The summed E-state index contributed by atoms with van der Waals surface area (Å²) in [7, 11) is 0. The fourth-order valence-corrected chi connectivity index (χ4v) is 1.87. The molecule has 2 rings (SSSR count). The van der Waals surface area contributed by atoms with Crippen LogP contribution < -0.4 is 15.0 Å². The molecule has 1 fully saturated rings. The van der Waals surface area contributed by atoms with Crippen molar-refractivity contribution in [1.82, 2.24) is 14.1 Å². The average Bonchev–Trinajstić information content (AvgIpc) is 3.02. The number of rotatable bonds is 6. The molecule has 0 unspecified atom stereocenters. The minimum Gasteiger partial charge on any atom is -0.472 e. The Morgan fingerprint density at radius 2 is 2.29 bits per heavy atom. The van der Waals surface area contributed by atoms with Gasteiger partial charge in [0, 0.05) is 37.4 Å². The van der Waals surface area contributed by atoms with E-state index in [2.05, 4.69) is 8.75 Å². The Balaban J connectivity index is 2.18. The largest absolute Gasteiger partial charge is 0.472 e. The Morgan fingerprint density at radius 1 is 1.52 bits per heavy atom. The lowest BCUT2D eigenvalue weighted by Gasteiger charge is -2.27. The number of anilines is 1. The Hall–Kier alpha value is -0.960. The van der Waals surface area contributed by atoms with Crippen LogP contribution in [0.25, 0.3) is 0 Å². The summed E-state index contributed by atoms with van der Waals surface area (Å²) in [6.45, 7) is -17.5. The third-order valence-electron chi connectivity index (χ3n) is 2.32. The summed E-state index contributed by atoms with van der Waals surface area (Å²) in [4.78, 5) is 0.690. The second-order valence-corrected chi connectivity index (χ2v) is 4.66. The number of aliphatic hydroxyl groups is 1. The predicted molar refractivity (Wildman–Crippen MR) is 82.2 cm³/mol. The molecule has 8 heteroatoms. The number of ether oxygens (including phenoxy) is 2. The molecule has 1 saturated heterocycles. The standard InChI is InChI=1S/C13H24N4O3S/c1-13(2,3)14-8-10(18)9-20-12-11(15-21-16-12)17-4-6-19-7-5-17/h10,14,18H,4-9H2,1-3H3/t10-/m0/s1/i1D3,2D3,3D3,4D2,5D2. The second kappa shape index (κ2) is 7.35. The maximum Gasteiger partial charge on any atom is 0.270 e. The van der Waals surface area contributed by atoms with Gasteiger partial charge in [0.1, 0.15) is 12.7 Å². The summed E-state index contributed by atoms with van der Waals surface area (Å²) < 4.78 is 118. The van der Waals surface area contributed by atoms with Crippen LogP contribution in [0.2, 0.25) is 0 Å². The first kappa shape index (κ1) is 6.27. The highest BCUT2D eigenvalue weighted by Crippen LogP contribution is 2.26. The molecule has 2 N–H and O–H groups in total. The molecule has 0 bridgehead atoms. The van der Waals surface area contributed by atoms with Gasteiger partial charge in [-0.1, -0.05) is 0 Å². The molecule has 1 aliphatic heterocycles. The number of hydrogen-bond donors (Lipinski definition) is 2. The van der Waals surface area contributed by atoms with Gasteiger partial charge in [-0.3, -0.25) is 0 Å². The topological polar surface area (TPSA) is 79.7 Å². The highest BCUT2D eigenvalue weighted by atomic mass is 32.1. The number of aliphatic hydroxyl groups excluding tert-OH is 1. The van der Waals surface area contributed by atoms with Crippen molar-refractivity contribution < 1.29 is 32.4 Å². The first-order chi connectivity index (χ1) is 15.2. The van der Waals surface area contributed by atoms with E-state index in [1.807, 2.05) is 5.32 Å². The monoisotopic (exact) mass is 329 g/mol. The summed E-state index contributed by atoms with van der Waals surface area (Å²) in [6, 6.07) is 0. The van der Waals surface area contributed by atoms with Crippen molar-refractivity contribution in [3.05, 3.63) is 0 Å². The van der Waals surface area contributed by atoms with Gasteiger partial charge in [0.2, 0.25) is 5.82 Å². The van der Waals surface area contributed by atoms with Gasteiger partial charge < -0.3 is 24.8 Å². The van der Waals surface area contributed by atoms with Crippen LogP contribution in [0.15, 0.2) is 0 Å². The highest BCUT2D eigenvalue weighted by molar-refractivity contribution is 6.99. The molecule has 21 heavy (non-hydrogen) atoms. The maximum absolute atomic E-state index is 10.3. The van der Waals surface area contributed by atoms with Crippen molar-refractivity contribution in [2.45, 2.75) is 32.2 Å². The highest BCUT2D eigenvalue weighted by Gasteiger charge is 2.21. The maximum atomic E-state index is 10.3. The van der Waals surface area contributed by atoms with Gasteiger partial charge in [0.05, 0.1) is 30.4 Å². The van der Waals surface area contributed by atoms with Gasteiger partial charge in [-0.05, 0) is 20.6 Å². The SMILES string of the molecule is [2H]C1([2H])COCC([2H])([2H])N1c1nsnc1OC[C@@H](O)CNC(C([2H])([2H])[2H])(C([2H])([2H])[2H])C([2H])([2H])[2H]. The lowest BCUT2D eigenvalue weighted by Crippen LogP contribution is -2.42. The normalized spacial score (nSPS) is 33.6. The van der Waals surface area contributed by atoms with Crippen molar-refractivity contribution in [3.8, 4) is 5.88 Å². The third kappa shape index (κ3) is 5.39. The summed E-state index contributed by atoms with van der Waals surface area (Å²) in [5.74, 6) is -0.641. The molecule has 1 aliphatic rings. The Kier molecular flexibility index (Phi) is 2.19. The molecule has 2 heterocycles. The van der Waals surface area contributed by atoms with Crippen molar-refractivity contribution >= 4 is 17.5 Å². The number of nitrogens with one attached hydrogen (secondary N) is 1. The van der Waals surface area contributed by atoms with Crippen LogP contribution >= 0.6 is 11.7 Å². The van der Waals surface area contributed by atoms with Crippen LogP contribution in [0.1, 0.15) is 38.4 Å². The van der Waals surface area contributed by atoms with E-state index in [1.54, 1.807) is 0 Å². The van der Waals surface area contributed by atoms with Crippen LogP contribution in [0, 0.1) is 0 Å². The lowest BCUT2D eigenvalue weighted by atomic mass is 10.1. The number of hydrogen-bond acceptors (Lipinski definition) is 8. The minimum absolute atomic E-state index is 0.301. The average molecular weight is 330 g/mol. The van der Waals surface area contributed by atoms with E-state index in [4.69, 9.17) is 27.3 Å². The molecule has 1 atom stereocenters. The molecular weight excluding hydrogens is 292 g/mol. The summed E-state index contributed by atoms with van der Waals surface area (Å²) in [5, 5.41) is 12.2. The van der Waals surface area contributed by atoms with Crippen molar-refractivity contribution in [2.75, 3.05) is 44.3 Å². The number of β-amino-alcohol motifs (C(OH)–C–C–N with tert-alkyl or cyclic N) is 1. The molecular formula is C13H24N4O3S. The number of aromatic nitrogens is 2. The molecule has 0 radical (unpaired) electrons. The molecule has 0 spiro atoms. The number of morpholine rings is 1. The zero-order chi connectivity index (χ0) is 26.4. The van der Waals surface area contributed by atoms with Crippen molar-refractivity contribution in [3.63, 3.8) is 0 Å². The zero-order valence-electron chi connectivity index (χ0n) is 23.9. The first-order valence-corrected chi connectivity index (χ1v) is 6.67. The molecule has 0 aromatic carbocycles. The van der Waals surface area contributed by atoms with Gasteiger partial charge in [-0.15, -0.1) is 4.37 Å². The van der Waals surface area contributed by atoms with E-state index in [-0.39, 0.29) is 11.7 Å². The molecule has 1 aromatic rings. The van der Waals surface area contributed by atoms with Crippen LogP contribution in [-0.2, 0) is 4.74 Å². The fraction of sp³-hybridized carbons (Fsp3) is 0.846. The van der Waals surface area contributed by atoms with E-state index in [0.29, 0.717) is 16.6 Å². The molecule has 0 amide bonds. The Labute approximate surface area is 147 Å². The predicted octanol–water partition coefficient (Wildman–Crippen LogP) is 0.503. The molecule has 7 nitrogen and oxygen atoms in total. The molecule has 0 saturated carbocycles. The van der Waals surface area contributed by atoms with E-state index >= 15 is 0 Å². The Bertz CT molecular complexity index is 789. The zero-order valence-corrected chi connectivity index (χ0v) is 11.7. The van der Waals surface area contributed by atoms with Crippen molar-refractivity contribution in [2.24, 2.45) is 0 Å². The van der Waals surface area contributed by atoms with Crippen molar-refractivity contribution in [1.29, 1.82) is 0 Å². The molecule has 120 valence electrons. The van der Waals surface area contributed by atoms with E-state index in [0.717, 1.165) is 0 Å². The Morgan fingerprint density at radius 3 is 3.00 bits per heavy atom. The second-order valence-electron chi connectivity index (χ2n) is 4.13. The summed E-state index contributed by atoms with van der Waals surface area (Å²) in [6.07, 6.45) is -1.63. The smallest absolute Gasteiger partial charge is 0.270 e. The van der Waals surface area contributed by atoms with E-state index in [1.165, 1.54) is 0 Å². The third-order valence-corrected chi connectivity index (χ3v) is 2.82. The van der Waals surface area contributed by atoms with Gasteiger partial charge in [0.15, 0.2) is 0 Å². The van der Waals surface area contributed by atoms with Crippen LogP contribution in [-0.4, -0.2) is 64.9 Å². The summed E-state index contributed by atoms with van der Waals surface area (Å²) in [5.41, 5.74) is -3.33. The molecule has 1 aromatic heterocycles. The van der Waals surface area contributed by atoms with Gasteiger partial charge in [-0.2, -0.15) is 4.37 Å². The van der Waals surface area contributed by atoms with Crippen LogP contribution in [0.3, 0.4) is 0 Å². The quantitative estimate of drug-likeness (QED) is 0.787. The number of nitrogens with zero attached hydrogens (tertiary/aromatic N) is 3. The van der Waals surface area contributed by atoms with Crippen LogP contribution in [0.4, 0.5) is 5.82 Å². The molecule has 0 aliphatic carbocycles.